The molecule has 3 heteroatoms. The third kappa shape index (κ3) is 2.58. The van der Waals surface area contributed by atoms with Crippen molar-refractivity contribution in [1.29, 1.82) is 0 Å². The maximum Gasteiger partial charge on any atom is 0.110 e. The molecule has 0 bridgehead atoms. The van der Waals surface area contributed by atoms with Crippen LogP contribution in [0.5, 0.6) is 0 Å². The Bertz CT molecular complexity index is 265. The summed E-state index contributed by atoms with van der Waals surface area (Å²) in [5.41, 5.74) is 6.92. The second-order valence-corrected chi connectivity index (χ2v) is 4.10. The van der Waals surface area contributed by atoms with Gasteiger partial charge in [0.05, 0.1) is 0 Å². The first-order valence-corrected chi connectivity index (χ1v) is 5.43. The molecule has 0 aliphatic carbocycles. The van der Waals surface area contributed by atoms with Gasteiger partial charge in [0.15, 0.2) is 0 Å². The highest BCUT2D eigenvalue weighted by Crippen LogP contribution is 2.19. The van der Waals surface area contributed by atoms with Crippen molar-refractivity contribution in [2.45, 2.75) is 45.4 Å². The van der Waals surface area contributed by atoms with E-state index in [1.54, 1.807) is 0 Å². The van der Waals surface area contributed by atoms with Crippen molar-refractivity contribution in [3.05, 3.63) is 17.7 Å². The lowest BCUT2D eigenvalue weighted by atomic mass is 10.0. The first kappa shape index (κ1) is 11.2. The summed E-state index contributed by atoms with van der Waals surface area (Å²) in [6.07, 6.45) is 4.19. The van der Waals surface area contributed by atoms with E-state index in [4.69, 9.17) is 5.73 Å². The second kappa shape index (κ2) is 5.15. The highest BCUT2D eigenvalue weighted by Gasteiger charge is 2.13. The Morgan fingerprint density at radius 2 is 2.21 bits per heavy atom. The van der Waals surface area contributed by atoms with Crippen LogP contribution in [0.1, 0.15) is 57.0 Å². The molecule has 0 spiro atoms. The van der Waals surface area contributed by atoms with Crippen LogP contribution in [0.15, 0.2) is 6.20 Å². The lowest BCUT2D eigenvalue weighted by Crippen LogP contribution is -2.13. The summed E-state index contributed by atoms with van der Waals surface area (Å²) >= 11 is 0. The zero-order valence-electron chi connectivity index (χ0n) is 9.38. The number of nitrogens with zero attached hydrogens (tertiary/aromatic N) is 1. The smallest absolute Gasteiger partial charge is 0.110 e. The predicted octanol–water partition coefficient (Wildman–Crippen LogP) is 2.38. The maximum absolute atomic E-state index is 5.72. The number of nitrogens with two attached hydrogens (primary N) is 1. The van der Waals surface area contributed by atoms with Crippen molar-refractivity contribution in [3.8, 4) is 0 Å². The Kier molecular flexibility index (Phi) is 4.14. The van der Waals surface area contributed by atoms with Gasteiger partial charge in [-0.1, -0.05) is 27.2 Å². The minimum absolute atomic E-state index is 0.396. The van der Waals surface area contributed by atoms with E-state index in [9.17, 15) is 0 Å². The average molecular weight is 195 g/mol. The number of imidazole rings is 1. The topological polar surface area (TPSA) is 54.7 Å². The SMILES string of the molecule is CCCC(CN)c1ncc(C(C)C)[nH]1. The largest absolute Gasteiger partial charge is 0.345 e. The highest BCUT2D eigenvalue weighted by atomic mass is 14.9. The molecule has 0 aliphatic heterocycles. The maximum atomic E-state index is 5.72. The van der Waals surface area contributed by atoms with Gasteiger partial charge in [0, 0.05) is 24.4 Å². The van der Waals surface area contributed by atoms with E-state index in [0.29, 0.717) is 18.4 Å². The first-order chi connectivity index (χ1) is 6.69. The molecular formula is C11H21N3. The van der Waals surface area contributed by atoms with E-state index < -0.39 is 0 Å². The predicted molar refractivity (Wildman–Crippen MR) is 59.4 cm³/mol. The molecule has 0 fully saturated rings. The molecule has 1 aromatic heterocycles. The first-order valence-electron chi connectivity index (χ1n) is 5.43. The molecule has 1 unspecified atom stereocenters. The lowest BCUT2D eigenvalue weighted by Gasteiger charge is -2.10. The number of hydrogen-bond acceptors (Lipinski definition) is 2. The van der Waals surface area contributed by atoms with Crippen molar-refractivity contribution >= 4 is 0 Å². The number of nitrogens with one attached hydrogen (secondary N) is 1. The molecule has 0 aromatic carbocycles. The average Bonchev–Trinajstić information content (AvgIpc) is 2.63. The molecule has 0 amide bonds. The summed E-state index contributed by atoms with van der Waals surface area (Å²) in [4.78, 5) is 7.75. The Morgan fingerprint density at radius 1 is 1.50 bits per heavy atom. The fraction of sp³-hybridized carbons (Fsp3) is 0.727. The van der Waals surface area contributed by atoms with Crippen molar-refractivity contribution in [2.24, 2.45) is 5.73 Å². The molecule has 1 atom stereocenters. The van der Waals surface area contributed by atoms with Gasteiger partial charge in [0.2, 0.25) is 0 Å². The van der Waals surface area contributed by atoms with Crippen molar-refractivity contribution in [2.75, 3.05) is 6.54 Å². The minimum Gasteiger partial charge on any atom is -0.345 e. The van der Waals surface area contributed by atoms with Gasteiger partial charge < -0.3 is 10.7 Å². The zero-order valence-corrected chi connectivity index (χ0v) is 9.38. The van der Waals surface area contributed by atoms with Gasteiger partial charge in [-0.05, 0) is 12.3 Å². The molecule has 3 N–H and O–H groups in total. The molecule has 80 valence electrons. The number of hydrogen-bond donors (Lipinski definition) is 2. The van der Waals surface area contributed by atoms with Crippen LogP contribution in [0.25, 0.3) is 0 Å². The molecular weight excluding hydrogens is 174 g/mol. The minimum atomic E-state index is 0.396. The molecule has 1 rings (SSSR count). The fourth-order valence-corrected chi connectivity index (χ4v) is 1.57. The van der Waals surface area contributed by atoms with Crippen molar-refractivity contribution < 1.29 is 0 Å². The molecule has 1 heterocycles. The Labute approximate surface area is 86.1 Å². The normalized spacial score (nSPS) is 13.5. The van der Waals surface area contributed by atoms with Crippen LogP contribution in [0.4, 0.5) is 0 Å². The summed E-state index contributed by atoms with van der Waals surface area (Å²) < 4.78 is 0. The third-order valence-electron chi connectivity index (χ3n) is 2.55. The lowest BCUT2D eigenvalue weighted by molar-refractivity contribution is 0.592. The van der Waals surface area contributed by atoms with Gasteiger partial charge in [-0.15, -0.1) is 0 Å². The number of H-pyrrole nitrogens is 1. The molecule has 3 nitrogen and oxygen atoms in total. The highest BCUT2D eigenvalue weighted by molar-refractivity contribution is 5.09. The van der Waals surface area contributed by atoms with Crippen LogP contribution in [-0.4, -0.2) is 16.5 Å². The summed E-state index contributed by atoms with van der Waals surface area (Å²) in [7, 11) is 0. The summed E-state index contributed by atoms with van der Waals surface area (Å²) in [5, 5.41) is 0. The van der Waals surface area contributed by atoms with Gasteiger partial charge in [-0.2, -0.15) is 0 Å². The third-order valence-corrected chi connectivity index (χ3v) is 2.55. The Balaban J connectivity index is 2.73. The van der Waals surface area contributed by atoms with Crippen LogP contribution in [0.2, 0.25) is 0 Å². The Morgan fingerprint density at radius 3 is 2.64 bits per heavy atom. The van der Waals surface area contributed by atoms with E-state index in [1.165, 1.54) is 5.69 Å². The fourth-order valence-electron chi connectivity index (χ4n) is 1.57. The summed E-state index contributed by atoms with van der Waals surface area (Å²) in [5.74, 6) is 1.96. The van der Waals surface area contributed by atoms with E-state index in [0.717, 1.165) is 18.7 Å². The van der Waals surface area contributed by atoms with E-state index in [-0.39, 0.29) is 0 Å². The van der Waals surface area contributed by atoms with Crippen LogP contribution < -0.4 is 5.73 Å². The molecule has 0 aliphatic rings. The van der Waals surface area contributed by atoms with Gasteiger partial charge in [-0.25, -0.2) is 4.98 Å². The standard InChI is InChI=1S/C11H21N3/c1-4-5-9(6-12)11-13-7-10(14-11)8(2)3/h7-9H,4-6,12H2,1-3H3,(H,13,14). The number of rotatable bonds is 5. The van der Waals surface area contributed by atoms with Gasteiger partial charge in [-0.3, -0.25) is 0 Å². The van der Waals surface area contributed by atoms with Gasteiger partial charge in [0.1, 0.15) is 5.82 Å². The molecule has 0 saturated heterocycles. The monoisotopic (exact) mass is 195 g/mol. The molecule has 1 aromatic rings. The summed E-state index contributed by atoms with van der Waals surface area (Å²) in [6, 6.07) is 0. The van der Waals surface area contributed by atoms with Crippen LogP contribution >= 0.6 is 0 Å². The second-order valence-electron chi connectivity index (χ2n) is 4.10. The number of aromatic amines is 1. The zero-order chi connectivity index (χ0) is 10.6. The quantitative estimate of drug-likeness (QED) is 0.758. The Hall–Kier alpha value is -0.830. The summed E-state index contributed by atoms with van der Waals surface area (Å²) in [6.45, 7) is 7.18. The number of aromatic nitrogens is 2. The van der Waals surface area contributed by atoms with Gasteiger partial charge >= 0.3 is 0 Å². The van der Waals surface area contributed by atoms with E-state index in [1.807, 2.05) is 6.20 Å². The molecule has 0 radical (unpaired) electrons. The molecule has 0 saturated carbocycles. The van der Waals surface area contributed by atoms with Crippen molar-refractivity contribution in [1.82, 2.24) is 9.97 Å². The van der Waals surface area contributed by atoms with Crippen molar-refractivity contribution in [3.63, 3.8) is 0 Å². The van der Waals surface area contributed by atoms with Crippen LogP contribution in [-0.2, 0) is 0 Å². The van der Waals surface area contributed by atoms with Gasteiger partial charge in [0.25, 0.3) is 0 Å². The van der Waals surface area contributed by atoms with Crippen LogP contribution in [0, 0.1) is 0 Å². The van der Waals surface area contributed by atoms with E-state index >= 15 is 0 Å². The van der Waals surface area contributed by atoms with E-state index in [2.05, 4.69) is 30.7 Å². The molecule has 14 heavy (non-hydrogen) atoms. The van der Waals surface area contributed by atoms with Crippen LogP contribution in [0.3, 0.4) is 0 Å².